The average Bonchev–Trinajstić information content (AvgIpc) is 0.755. The highest BCUT2D eigenvalue weighted by atomic mass is 16.6. The number of carboxylic acids is 1. The lowest BCUT2D eigenvalue weighted by Crippen LogP contribution is -2.61. The van der Waals surface area contributed by atoms with Crippen LogP contribution in [0.1, 0.15) is 143 Å². The van der Waals surface area contributed by atoms with Crippen molar-refractivity contribution in [3.05, 3.63) is 179 Å². The number of ether oxygens (including phenoxy) is 4. The van der Waals surface area contributed by atoms with E-state index in [2.05, 4.69) is 42.5 Å². The van der Waals surface area contributed by atoms with Crippen LogP contribution in [0.3, 0.4) is 0 Å². The molecule has 25 nitrogen and oxygen atoms in total. The van der Waals surface area contributed by atoms with Crippen LogP contribution in [0.4, 0.5) is 9.59 Å². The molecule has 0 heterocycles. The van der Waals surface area contributed by atoms with Gasteiger partial charge in [0.25, 0.3) is 0 Å². The molecule has 0 aliphatic heterocycles. The van der Waals surface area contributed by atoms with Gasteiger partial charge < -0.3 is 61.3 Å². The summed E-state index contributed by atoms with van der Waals surface area (Å²) in [6, 6.07) is 37.2. The first-order valence-electron chi connectivity index (χ1n) is 33.2. The zero-order chi connectivity index (χ0) is 72.9. The van der Waals surface area contributed by atoms with Crippen molar-refractivity contribution in [2.45, 2.75) is 181 Å². The highest BCUT2D eigenvalue weighted by molar-refractivity contribution is 6.00. The van der Waals surface area contributed by atoms with E-state index in [0.29, 0.717) is 40.7 Å². The fraction of sp³-hybridized carbons (Fsp3) is 0.446. The van der Waals surface area contributed by atoms with Gasteiger partial charge in [-0.3, -0.25) is 44.3 Å². The molecule has 0 bridgehead atoms. The minimum Gasteiger partial charge on any atom is -0.480 e. The zero-order valence-corrected chi connectivity index (χ0v) is 58.4. The third-order valence-corrected chi connectivity index (χ3v) is 15.7. The van der Waals surface area contributed by atoms with Gasteiger partial charge in [0.2, 0.25) is 47.3 Å². The molecule has 0 unspecified atom stereocenters. The summed E-state index contributed by atoms with van der Waals surface area (Å²) in [7, 11) is 0. The molecule has 0 aliphatic carbocycles. The molecule has 25 heteroatoms. The van der Waals surface area contributed by atoms with Gasteiger partial charge in [-0.15, -0.1) is 0 Å². The summed E-state index contributed by atoms with van der Waals surface area (Å²) in [5, 5.41) is 40.2. The summed E-state index contributed by atoms with van der Waals surface area (Å²) in [5.41, 5.74) is 0.149. The first-order chi connectivity index (χ1) is 46.9. The van der Waals surface area contributed by atoms with Crippen LogP contribution in [-0.4, -0.2) is 143 Å². The van der Waals surface area contributed by atoms with E-state index in [4.69, 9.17) is 24.4 Å². The molecule has 9 amide bonds. The molecule has 534 valence electrons. The highest BCUT2D eigenvalue weighted by Gasteiger charge is 2.41. The van der Waals surface area contributed by atoms with Crippen LogP contribution in [0, 0.1) is 17.2 Å². The van der Waals surface area contributed by atoms with Gasteiger partial charge in [-0.2, -0.15) is 0 Å². The van der Waals surface area contributed by atoms with Crippen molar-refractivity contribution in [1.82, 2.24) is 47.4 Å². The highest BCUT2D eigenvalue weighted by Crippen LogP contribution is 2.37. The topological polar surface area (TPSA) is 351 Å². The van der Waals surface area contributed by atoms with E-state index in [1.807, 2.05) is 105 Å². The summed E-state index contributed by atoms with van der Waals surface area (Å²) >= 11 is 0. The normalized spacial score (nSPS) is 13.6. The largest absolute Gasteiger partial charge is 0.480 e. The zero-order valence-electron chi connectivity index (χ0n) is 58.4. The Morgan fingerprint density at radius 3 is 1.51 bits per heavy atom. The van der Waals surface area contributed by atoms with Gasteiger partial charge in [0.05, 0.1) is 36.9 Å². The lowest BCUT2D eigenvalue weighted by atomic mass is 9.77. The van der Waals surface area contributed by atoms with Crippen molar-refractivity contribution >= 4 is 65.5 Å². The molecule has 99 heavy (non-hydrogen) atoms. The fourth-order valence-corrected chi connectivity index (χ4v) is 10.4. The molecule has 0 aromatic heterocycles. The Labute approximate surface area is 579 Å². The maximum atomic E-state index is 14.8. The quantitative estimate of drug-likeness (QED) is 0.0105. The number of carbonyl (C=O) groups excluding carboxylic acids is 9. The Kier molecular flexibility index (Phi) is 31.2. The summed E-state index contributed by atoms with van der Waals surface area (Å²) in [5.74, 6) is -8.58. The number of nitrogens with one attached hydrogen (secondary N) is 9. The predicted molar refractivity (Wildman–Crippen MR) is 372 cm³/mol. The lowest BCUT2D eigenvalue weighted by molar-refractivity contribution is -0.146. The molecule has 5 rings (SSSR count). The number of alkyl carbamates (subject to hydrolysis) is 1. The van der Waals surface area contributed by atoms with Gasteiger partial charge in [-0.05, 0) is 107 Å². The van der Waals surface area contributed by atoms with Crippen LogP contribution < -0.4 is 42.5 Å². The van der Waals surface area contributed by atoms with Crippen molar-refractivity contribution in [3.63, 3.8) is 0 Å². The molecule has 7 atom stereocenters. The first-order valence-corrected chi connectivity index (χ1v) is 33.2. The van der Waals surface area contributed by atoms with Gasteiger partial charge in [0.1, 0.15) is 42.9 Å². The molecule has 0 saturated carbocycles. The standard InChI is InChI=1S/C74H98N10O15/c1-12-49(4)62(80-64(88)56(77-59(85)41-40-48(2)3)39-28-42-84(71(95)97-46-52-31-20-14-21-32-52)69(75)82-70(94)96-45-51-29-18-13-19-30-51)67(91)81-63(50(5)99-73(9,10)11)66(90)76-44-61(87)78-57(65(89)79-58(68(92)93)47-98-72(6,7)8)43-60(86)83-74(53-33-22-15-23-34-53,54-35-24-16-25-36-54)55-37-26-17-27-38-55/h13-27,29-38,48-50,56-58,62-63H,12,28,39-47H2,1-11H3,(H,76,90)(H,77,85)(H,78,87)(H,79,89)(H,80,88)(H,81,91)(H,83,86)(H,92,93)(H2,75,82,94)/t49-,50-,56+,57-,58-,62-,63-/m0/s1. The van der Waals surface area contributed by atoms with Gasteiger partial charge in [0.15, 0.2) is 6.04 Å². The van der Waals surface area contributed by atoms with Crippen molar-refractivity contribution in [1.29, 1.82) is 5.41 Å². The van der Waals surface area contributed by atoms with Crippen molar-refractivity contribution in [3.8, 4) is 0 Å². The molecular formula is C74H98N10O15. The van der Waals surface area contributed by atoms with Crippen molar-refractivity contribution in [2.24, 2.45) is 11.8 Å². The number of benzene rings is 5. The summed E-state index contributed by atoms with van der Waals surface area (Å²) in [6.07, 6.45) is -3.33. The Balaban J connectivity index is 1.39. The number of guanidine groups is 1. The van der Waals surface area contributed by atoms with Crippen LogP contribution in [0.25, 0.3) is 0 Å². The molecule has 0 spiro atoms. The smallest absolute Gasteiger partial charge is 0.416 e. The number of amides is 9. The van der Waals surface area contributed by atoms with E-state index in [-0.39, 0.29) is 44.9 Å². The van der Waals surface area contributed by atoms with Crippen molar-refractivity contribution in [2.75, 3.05) is 19.7 Å². The SMILES string of the molecule is CC[C@H](C)[C@H](NC(=O)[C@@H](CCCN(C(=N)NC(=O)OCc1ccccc1)C(=O)OCc1ccccc1)NC(=O)CCC(C)C)C(=O)N[C@H](C(=O)NCC(=O)N[C@@H](CC(=O)NC(c1ccccc1)(c1ccccc1)c1ccccc1)C(=O)N[C@@H](COC(C)(C)C)C(=O)O)[C@H](C)OC(C)(C)C. The second kappa shape index (κ2) is 38.8. The molecule has 0 fully saturated rings. The second-order valence-corrected chi connectivity index (χ2v) is 26.5. The number of rotatable bonds is 35. The number of carboxylic acid groups (broad SMARTS) is 1. The third kappa shape index (κ3) is 26.7. The number of nitrogens with zero attached hydrogens (tertiary/aromatic N) is 1. The van der Waals surface area contributed by atoms with E-state index >= 15 is 0 Å². The van der Waals surface area contributed by atoms with Crippen LogP contribution in [-0.2, 0) is 76.1 Å². The number of hydrogen-bond donors (Lipinski definition) is 10. The average molecular weight is 1370 g/mol. The number of carbonyl (C=O) groups is 10. The molecular weight excluding hydrogens is 1270 g/mol. The summed E-state index contributed by atoms with van der Waals surface area (Å²) < 4.78 is 22.8. The van der Waals surface area contributed by atoms with E-state index in [1.54, 1.807) is 116 Å². The Hall–Kier alpha value is -10.0. The van der Waals surface area contributed by atoms with Crippen LogP contribution >= 0.6 is 0 Å². The minimum atomic E-state index is -1.76. The van der Waals surface area contributed by atoms with E-state index < -0.39 is 144 Å². The van der Waals surface area contributed by atoms with Crippen LogP contribution in [0.15, 0.2) is 152 Å². The molecule has 0 saturated heterocycles. The maximum Gasteiger partial charge on any atom is 0.416 e. The molecule has 5 aromatic rings. The van der Waals surface area contributed by atoms with Crippen LogP contribution in [0.2, 0.25) is 0 Å². The Bertz CT molecular complexity index is 3370. The minimum absolute atomic E-state index is 0.0369. The molecule has 5 aromatic carbocycles. The maximum absolute atomic E-state index is 14.8. The lowest BCUT2D eigenvalue weighted by Gasteiger charge is -2.37. The molecule has 0 radical (unpaired) electrons. The predicted octanol–water partition coefficient (Wildman–Crippen LogP) is 7.89. The molecule has 0 aliphatic rings. The van der Waals surface area contributed by atoms with E-state index in [1.165, 1.54) is 6.92 Å². The number of hydrogen-bond acceptors (Lipinski definition) is 15. The van der Waals surface area contributed by atoms with Gasteiger partial charge in [0, 0.05) is 13.0 Å². The third-order valence-electron chi connectivity index (χ3n) is 15.7. The van der Waals surface area contributed by atoms with E-state index in [9.17, 15) is 53.1 Å². The molecule has 10 N–H and O–H groups in total. The van der Waals surface area contributed by atoms with E-state index in [0.717, 1.165) is 4.90 Å². The summed E-state index contributed by atoms with van der Waals surface area (Å²) in [6.45, 7) is 17.1. The summed E-state index contributed by atoms with van der Waals surface area (Å²) in [4.78, 5) is 141. The Morgan fingerprint density at radius 1 is 0.535 bits per heavy atom. The monoisotopic (exact) mass is 1370 g/mol. The van der Waals surface area contributed by atoms with Gasteiger partial charge in [-0.25, -0.2) is 19.3 Å². The number of aliphatic carboxylic acids is 1. The second-order valence-electron chi connectivity index (χ2n) is 26.5. The first kappa shape index (κ1) is 79.7. The van der Waals surface area contributed by atoms with Crippen molar-refractivity contribution < 1.29 is 72.0 Å². The van der Waals surface area contributed by atoms with Gasteiger partial charge >= 0.3 is 18.2 Å². The Morgan fingerprint density at radius 2 is 1.02 bits per heavy atom. The fourth-order valence-electron chi connectivity index (χ4n) is 10.4. The van der Waals surface area contributed by atoms with Gasteiger partial charge in [-0.1, -0.05) is 186 Å². The van der Waals surface area contributed by atoms with Crippen LogP contribution in [0.5, 0.6) is 0 Å².